The lowest BCUT2D eigenvalue weighted by Gasteiger charge is -2.38. The summed E-state index contributed by atoms with van der Waals surface area (Å²) in [5, 5.41) is 4.62. The molecular formula is C23H29F3N4O. The molecule has 31 heavy (non-hydrogen) atoms. The second kappa shape index (κ2) is 7.59. The Morgan fingerprint density at radius 3 is 2.55 bits per heavy atom. The van der Waals surface area contributed by atoms with E-state index >= 15 is 0 Å². The lowest BCUT2D eigenvalue weighted by Crippen LogP contribution is -2.49. The lowest BCUT2D eigenvalue weighted by molar-refractivity contribution is -0.137. The van der Waals surface area contributed by atoms with E-state index in [4.69, 9.17) is 9.72 Å². The molecule has 2 aromatic rings. The highest BCUT2D eigenvalue weighted by Crippen LogP contribution is 2.64. The Labute approximate surface area is 180 Å². The SMILES string of the molecule is CC(C)n1nc(-c2cccc(C(F)(F)F)c2)nc1C1[C@@H]2CC(N3CCOC[C@H]3C)C[C@@H]12. The third-order valence-electron chi connectivity index (χ3n) is 7.20. The smallest absolute Gasteiger partial charge is 0.379 e. The van der Waals surface area contributed by atoms with Gasteiger partial charge in [-0.15, -0.1) is 0 Å². The van der Waals surface area contributed by atoms with Crippen LogP contribution in [0.2, 0.25) is 0 Å². The molecule has 1 aromatic heterocycles. The van der Waals surface area contributed by atoms with Crippen LogP contribution in [0.1, 0.15) is 57.0 Å². The topological polar surface area (TPSA) is 43.2 Å². The molecule has 3 aliphatic rings. The van der Waals surface area contributed by atoms with E-state index in [1.54, 1.807) is 6.07 Å². The van der Waals surface area contributed by atoms with Crippen molar-refractivity contribution in [2.75, 3.05) is 19.8 Å². The molecule has 0 bridgehead atoms. The molecule has 3 atom stereocenters. The van der Waals surface area contributed by atoms with E-state index in [2.05, 4.69) is 16.9 Å². The van der Waals surface area contributed by atoms with Crippen molar-refractivity contribution in [3.05, 3.63) is 35.7 Å². The summed E-state index contributed by atoms with van der Waals surface area (Å²) in [5.41, 5.74) is -0.250. The molecule has 5 rings (SSSR count). The zero-order valence-electron chi connectivity index (χ0n) is 18.1. The lowest BCUT2D eigenvalue weighted by atomic mass is 10.0. The van der Waals surface area contributed by atoms with Crippen molar-refractivity contribution < 1.29 is 17.9 Å². The molecule has 0 radical (unpaired) electrons. The van der Waals surface area contributed by atoms with Crippen LogP contribution >= 0.6 is 0 Å². The minimum absolute atomic E-state index is 0.110. The first-order chi connectivity index (χ1) is 14.7. The Balaban J connectivity index is 1.37. The summed E-state index contributed by atoms with van der Waals surface area (Å²) in [7, 11) is 0. The largest absolute Gasteiger partial charge is 0.416 e. The Morgan fingerprint density at radius 1 is 1.16 bits per heavy atom. The zero-order chi connectivity index (χ0) is 21.9. The molecule has 0 unspecified atom stereocenters. The van der Waals surface area contributed by atoms with Gasteiger partial charge in [-0.3, -0.25) is 4.90 Å². The minimum Gasteiger partial charge on any atom is -0.379 e. The molecule has 0 amide bonds. The summed E-state index contributed by atoms with van der Waals surface area (Å²) in [4.78, 5) is 7.36. The third-order valence-corrected chi connectivity index (χ3v) is 7.20. The minimum atomic E-state index is -4.38. The Bertz CT molecular complexity index is 945. The van der Waals surface area contributed by atoms with Crippen LogP contribution in [0.5, 0.6) is 0 Å². The fourth-order valence-electron chi connectivity index (χ4n) is 5.65. The quantitative estimate of drug-likeness (QED) is 0.696. The van der Waals surface area contributed by atoms with E-state index in [9.17, 15) is 13.2 Å². The first-order valence-corrected chi connectivity index (χ1v) is 11.2. The van der Waals surface area contributed by atoms with Crippen molar-refractivity contribution in [1.82, 2.24) is 19.7 Å². The number of benzene rings is 1. The molecule has 0 spiro atoms. The van der Waals surface area contributed by atoms with Gasteiger partial charge in [-0.2, -0.15) is 18.3 Å². The maximum atomic E-state index is 13.2. The van der Waals surface area contributed by atoms with E-state index in [-0.39, 0.29) is 6.04 Å². The standard InChI is InChI=1S/C23H29F3N4O/c1-13(2)30-22(27-21(28-30)15-5-4-6-16(9-15)23(24,25)26)20-18-10-17(11-19(18)20)29-7-8-31-12-14(29)3/h4-6,9,13-14,17-20H,7-8,10-12H2,1-3H3/t14-,17?,18-,19-,20?/m1/s1. The molecule has 2 saturated carbocycles. The summed E-state index contributed by atoms with van der Waals surface area (Å²) in [6.07, 6.45) is -2.06. The van der Waals surface area contributed by atoms with Gasteiger partial charge in [0.1, 0.15) is 5.82 Å². The van der Waals surface area contributed by atoms with Crippen molar-refractivity contribution in [2.24, 2.45) is 11.8 Å². The van der Waals surface area contributed by atoms with Gasteiger partial charge in [-0.05, 0) is 57.6 Å². The fraction of sp³-hybridized carbons (Fsp3) is 0.652. The predicted molar refractivity (Wildman–Crippen MR) is 111 cm³/mol. The van der Waals surface area contributed by atoms with Crippen molar-refractivity contribution in [2.45, 2.75) is 63.8 Å². The number of aromatic nitrogens is 3. The highest BCUT2D eigenvalue weighted by atomic mass is 19.4. The Kier molecular flexibility index (Phi) is 5.13. The first-order valence-electron chi connectivity index (χ1n) is 11.2. The van der Waals surface area contributed by atoms with E-state index < -0.39 is 11.7 Å². The molecule has 168 valence electrons. The molecule has 1 saturated heterocycles. The summed E-state index contributed by atoms with van der Waals surface area (Å²) in [6, 6.07) is 6.48. The number of morpholine rings is 1. The van der Waals surface area contributed by atoms with Crippen molar-refractivity contribution in [3.63, 3.8) is 0 Å². The number of rotatable bonds is 4. The Morgan fingerprint density at radius 2 is 1.90 bits per heavy atom. The molecule has 8 heteroatoms. The van der Waals surface area contributed by atoms with Gasteiger partial charge in [0.25, 0.3) is 0 Å². The van der Waals surface area contributed by atoms with Crippen LogP contribution in [0.25, 0.3) is 11.4 Å². The van der Waals surface area contributed by atoms with Crippen LogP contribution in [-0.2, 0) is 10.9 Å². The average molecular weight is 435 g/mol. The van der Waals surface area contributed by atoms with Crippen LogP contribution in [0, 0.1) is 11.8 Å². The molecule has 1 aliphatic heterocycles. The van der Waals surface area contributed by atoms with Crippen LogP contribution < -0.4 is 0 Å². The van der Waals surface area contributed by atoms with E-state index in [1.807, 2.05) is 18.5 Å². The van der Waals surface area contributed by atoms with Gasteiger partial charge in [0.15, 0.2) is 5.82 Å². The van der Waals surface area contributed by atoms with Gasteiger partial charge in [0.05, 0.1) is 18.8 Å². The van der Waals surface area contributed by atoms with Crippen molar-refractivity contribution >= 4 is 0 Å². The number of ether oxygens (including phenoxy) is 1. The van der Waals surface area contributed by atoms with Gasteiger partial charge >= 0.3 is 6.18 Å². The Hall–Kier alpha value is -1.93. The van der Waals surface area contributed by atoms with Gasteiger partial charge in [0, 0.05) is 36.2 Å². The van der Waals surface area contributed by atoms with Gasteiger partial charge in [-0.25, -0.2) is 9.67 Å². The number of alkyl halides is 3. The fourth-order valence-corrected chi connectivity index (χ4v) is 5.65. The molecule has 1 aromatic carbocycles. The number of nitrogens with zero attached hydrogens (tertiary/aromatic N) is 4. The number of fused-ring (bicyclic) bond motifs is 1. The monoisotopic (exact) mass is 434 g/mol. The van der Waals surface area contributed by atoms with Crippen LogP contribution in [0.15, 0.2) is 24.3 Å². The molecule has 5 nitrogen and oxygen atoms in total. The summed E-state index contributed by atoms with van der Waals surface area (Å²) in [5.74, 6) is 2.87. The van der Waals surface area contributed by atoms with Crippen molar-refractivity contribution in [3.8, 4) is 11.4 Å². The van der Waals surface area contributed by atoms with E-state index in [1.165, 1.54) is 6.07 Å². The molecule has 0 N–H and O–H groups in total. The summed E-state index contributed by atoms with van der Waals surface area (Å²) in [6.45, 7) is 8.93. The number of hydrogen-bond donors (Lipinski definition) is 0. The first kappa shape index (κ1) is 20.9. The zero-order valence-corrected chi connectivity index (χ0v) is 18.1. The van der Waals surface area contributed by atoms with E-state index in [0.717, 1.165) is 50.6 Å². The molecule has 2 aliphatic carbocycles. The van der Waals surface area contributed by atoms with Gasteiger partial charge < -0.3 is 4.74 Å². The number of hydrogen-bond acceptors (Lipinski definition) is 4. The molecular weight excluding hydrogens is 405 g/mol. The van der Waals surface area contributed by atoms with Gasteiger partial charge in [-0.1, -0.05) is 12.1 Å². The highest BCUT2D eigenvalue weighted by Gasteiger charge is 2.59. The van der Waals surface area contributed by atoms with Crippen LogP contribution in [0.4, 0.5) is 13.2 Å². The van der Waals surface area contributed by atoms with E-state index in [0.29, 0.717) is 41.2 Å². The maximum Gasteiger partial charge on any atom is 0.416 e. The normalized spacial score (nSPS) is 29.5. The summed E-state index contributed by atoms with van der Waals surface area (Å²) >= 11 is 0. The molecule has 3 fully saturated rings. The number of halogens is 3. The predicted octanol–water partition coefficient (Wildman–Crippen LogP) is 4.76. The van der Waals surface area contributed by atoms with Crippen LogP contribution in [0.3, 0.4) is 0 Å². The average Bonchev–Trinajstić information content (AvgIpc) is 3.09. The second-order valence-corrected chi connectivity index (χ2v) is 9.55. The maximum absolute atomic E-state index is 13.2. The molecule has 2 heterocycles. The van der Waals surface area contributed by atoms with Gasteiger partial charge in [0.2, 0.25) is 0 Å². The highest BCUT2D eigenvalue weighted by molar-refractivity contribution is 5.56. The second-order valence-electron chi connectivity index (χ2n) is 9.55. The summed E-state index contributed by atoms with van der Waals surface area (Å²) < 4.78 is 47.0. The van der Waals surface area contributed by atoms with Crippen molar-refractivity contribution in [1.29, 1.82) is 0 Å². The van der Waals surface area contributed by atoms with Crippen LogP contribution in [-0.4, -0.2) is 51.5 Å². The third kappa shape index (κ3) is 3.78.